The SMILES string of the molecule is Oc1cc(O)c2cc1C(c1ccc(C3CCCCC3)cc1)c1ccc(O)c(c1)C(c1ccc(C3CCCCC3)cc1)c1cc(c(O)cc1O)C(c1ccc(C3CCCCCC3)cc1)c1cc(c(O)cc1O)C2c1ccc(C2CCCCC2)cc1. The van der Waals surface area contributed by atoms with Crippen LogP contribution in [0.5, 0.6) is 40.2 Å². The smallest absolute Gasteiger partial charge is 0.123 e. The third-order valence-corrected chi connectivity index (χ3v) is 20.7. The zero-order chi connectivity index (χ0) is 57.4. The van der Waals surface area contributed by atoms with E-state index in [1.54, 1.807) is 6.07 Å². The minimum Gasteiger partial charge on any atom is -0.508 e. The first-order chi connectivity index (χ1) is 41.0. The van der Waals surface area contributed by atoms with Gasteiger partial charge in [0, 0.05) is 80.8 Å². The van der Waals surface area contributed by atoms with E-state index in [0.717, 1.165) is 79.2 Å². The summed E-state index contributed by atoms with van der Waals surface area (Å²) in [5, 5.41) is 87.8. The van der Waals surface area contributed by atoms with Crippen LogP contribution in [0.1, 0.15) is 271 Å². The van der Waals surface area contributed by atoms with Gasteiger partial charge in [0.1, 0.15) is 40.2 Å². The molecule has 7 N–H and O–H groups in total. The lowest BCUT2D eigenvalue weighted by Crippen LogP contribution is -2.13. The summed E-state index contributed by atoms with van der Waals surface area (Å²) < 4.78 is 0. The Balaban J connectivity index is 1.08. The number of aromatic hydroxyl groups is 7. The van der Waals surface area contributed by atoms with Crippen molar-refractivity contribution < 1.29 is 35.7 Å². The van der Waals surface area contributed by atoms with E-state index in [2.05, 4.69) is 97.1 Å². The molecule has 8 aromatic carbocycles. The lowest BCUT2D eigenvalue weighted by Gasteiger charge is -2.30. The van der Waals surface area contributed by atoms with Gasteiger partial charge in [0.05, 0.1) is 0 Å². The topological polar surface area (TPSA) is 142 Å². The number of phenols is 7. The molecule has 4 atom stereocenters. The molecule has 5 aliphatic carbocycles. The zero-order valence-electron chi connectivity index (χ0n) is 48.5. The fourth-order valence-corrected chi connectivity index (χ4v) is 16.1. The second-order valence-electron chi connectivity index (χ2n) is 25.8. The number of hydrogen-bond donors (Lipinski definition) is 7. The molecule has 4 saturated carbocycles. The van der Waals surface area contributed by atoms with E-state index in [1.165, 1.54) is 124 Å². The highest BCUT2D eigenvalue weighted by Crippen LogP contribution is 2.54. The summed E-state index contributed by atoms with van der Waals surface area (Å²) in [5.41, 5.74) is 12.3. The van der Waals surface area contributed by atoms with Gasteiger partial charge >= 0.3 is 0 Å². The van der Waals surface area contributed by atoms with Crippen LogP contribution in [0.2, 0.25) is 0 Å². The van der Waals surface area contributed by atoms with Crippen LogP contribution in [0.4, 0.5) is 0 Å². The highest BCUT2D eigenvalue weighted by Gasteiger charge is 2.35. The summed E-state index contributed by atoms with van der Waals surface area (Å²) in [6.45, 7) is 0. The Morgan fingerprint density at radius 2 is 0.381 bits per heavy atom. The molecule has 0 amide bonds. The average molecular weight is 1120 g/mol. The van der Waals surface area contributed by atoms with E-state index in [4.69, 9.17) is 0 Å². The Labute approximate surface area is 496 Å². The van der Waals surface area contributed by atoms with Crippen LogP contribution in [-0.4, -0.2) is 35.7 Å². The van der Waals surface area contributed by atoms with Crippen LogP contribution in [0.25, 0.3) is 0 Å². The second kappa shape index (κ2) is 24.1. The van der Waals surface area contributed by atoms with Gasteiger partial charge in [-0.1, -0.05) is 193 Å². The zero-order valence-corrected chi connectivity index (χ0v) is 48.5. The highest BCUT2D eigenvalue weighted by molar-refractivity contribution is 5.66. The molecule has 13 rings (SSSR count). The third kappa shape index (κ3) is 11.0. The summed E-state index contributed by atoms with van der Waals surface area (Å²) in [6, 6.07) is 50.0. The molecule has 8 bridgehead atoms. The maximum atomic E-state index is 12.6. The van der Waals surface area contributed by atoms with Crippen LogP contribution >= 0.6 is 0 Å². The van der Waals surface area contributed by atoms with Gasteiger partial charge in [-0.25, -0.2) is 0 Å². The number of hydrogen-bond acceptors (Lipinski definition) is 7. The van der Waals surface area contributed by atoms with Crippen LogP contribution in [0.15, 0.2) is 152 Å². The largest absolute Gasteiger partial charge is 0.508 e. The predicted molar refractivity (Wildman–Crippen MR) is 335 cm³/mol. The Kier molecular flexibility index (Phi) is 16.0. The molecule has 0 aliphatic heterocycles. The van der Waals surface area contributed by atoms with E-state index >= 15 is 0 Å². The van der Waals surface area contributed by atoms with Gasteiger partial charge in [-0.15, -0.1) is 0 Å². The van der Waals surface area contributed by atoms with Crippen molar-refractivity contribution >= 4 is 0 Å². The maximum Gasteiger partial charge on any atom is 0.123 e. The predicted octanol–water partition coefficient (Wildman–Crippen LogP) is 19.2. The monoisotopic (exact) mass is 1120 g/mol. The molecule has 4 unspecified atom stereocenters. The van der Waals surface area contributed by atoms with Gasteiger partial charge in [0.2, 0.25) is 0 Å². The normalized spacial score (nSPS) is 21.2. The molecule has 7 nitrogen and oxygen atoms in total. The number of phenolic OH excluding ortho intramolecular Hbond substituents is 7. The van der Waals surface area contributed by atoms with Crippen LogP contribution < -0.4 is 0 Å². The summed E-state index contributed by atoms with van der Waals surface area (Å²) in [7, 11) is 0. The Morgan fingerprint density at radius 3 is 0.655 bits per heavy atom. The average Bonchev–Trinajstić information content (AvgIpc) is 1.39. The van der Waals surface area contributed by atoms with Gasteiger partial charge in [-0.05, 0) is 149 Å². The van der Waals surface area contributed by atoms with Crippen molar-refractivity contribution in [2.45, 2.75) is 182 Å². The third-order valence-electron chi connectivity index (χ3n) is 20.7. The second-order valence-corrected chi connectivity index (χ2v) is 25.8. The van der Waals surface area contributed by atoms with Crippen molar-refractivity contribution in [2.24, 2.45) is 0 Å². The van der Waals surface area contributed by atoms with Gasteiger partial charge in [-0.3, -0.25) is 0 Å². The van der Waals surface area contributed by atoms with Gasteiger partial charge in [0.15, 0.2) is 0 Å². The molecular weight excluding hydrogens is 1040 g/mol. The van der Waals surface area contributed by atoms with Crippen molar-refractivity contribution in [3.05, 3.63) is 241 Å². The molecule has 0 saturated heterocycles. The lowest BCUT2D eigenvalue weighted by atomic mass is 9.74. The molecule has 5 aliphatic rings. The Hall–Kier alpha value is -7.64. The molecule has 432 valence electrons. The summed E-state index contributed by atoms with van der Waals surface area (Å²) in [4.78, 5) is 0. The van der Waals surface area contributed by atoms with Gasteiger partial charge in [-0.2, -0.15) is 0 Å². The first kappa shape index (κ1) is 55.5. The van der Waals surface area contributed by atoms with Crippen molar-refractivity contribution in [3.63, 3.8) is 0 Å². The molecule has 0 heterocycles. The highest BCUT2D eigenvalue weighted by atomic mass is 16.3. The molecule has 0 spiro atoms. The standard InChI is InChI=1S/C77H82O7/c78-67-39-38-59-40-60(67)75(56-32-24-53(25-33-56)49-18-10-4-11-19-49)63-42-64(71(82)45-70(63)81)77(58-36-26-52(27-37-58)47-14-6-1-2-7-15-47)66-43-65(72(83)46-73(66)84)76(57-34-28-54(29-35-57)50-20-12-5-13-21-50)62-41-61(68(79)44-69(62)80)74(59)55-30-22-51(23-31-55)48-16-8-3-9-17-48/h22-50,74-84H,1-21H2. The van der Waals surface area contributed by atoms with E-state index < -0.39 is 23.7 Å². The summed E-state index contributed by atoms with van der Waals surface area (Å²) in [6.07, 6.45) is 24.8. The van der Waals surface area contributed by atoms with Gasteiger partial charge in [0.25, 0.3) is 0 Å². The first-order valence-electron chi connectivity index (χ1n) is 31.9. The van der Waals surface area contributed by atoms with Crippen LogP contribution in [-0.2, 0) is 0 Å². The molecule has 8 aromatic rings. The van der Waals surface area contributed by atoms with Crippen molar-refractivity contribution in [3.8, 4) is 40.2 Å². The van der Waals surface area contributed by atoms with E-state index in [-0.39, 0.29) is 40.2 Å². The minimum absolute atomic E-state index is 0.0143. The molecule has 7 heteroatoms. The molecule has 0 aromatic heterocycles. The molecule has 84 heavy (non-hydrogen) atoms. The Bertz CT molecular complexity index is 3590. The van der Waals surface area contributed by atoms with E-state index in [0.29, 0.717) is 62.6 Å². The quantitative estimate of drug-likeness (QED) is 0.0752. The van der Waals surface area contributed by atoms with Crippen molar-refractivity contribution in [1.82, 2.24) is 0 Å². The van der Waals surface area contributed by atoms with E-state index in [1.807, 2.05) is 30.3 Å². The molecule has 4 fully saturated rings. The number of benzene rings is 8. The maximum absolute atomic E-state index is 12.6. The molecule has 0 radical (unpaired) electrons. The minimum atomic E-state index is -0.853. The summed E-state index contributed by atoms with van der Waals surface area (Å²) in [5.74, 6) is -2.30. The summed E-state index contributed by atoms with van der Waals surface area (Å²) >= 11 is 0. The fraction of sp³-hybridized carbons (Fsp3) is 0.377. The first-order valence-corrected chi connectivity index (χ1v) is 31.9. The van der Waals surface area contributed by atoms with E-state index in [9.17, 15) is 35.7 Å². The van der Waals surface area contributed by atoms with Crippen LogP contribution in [0.3, 0.4) is 0 Å². The van der Waals surface area contributed by atoms with Gasteiger partial charge < -0.3 is 35.7 Å². The van der Waals surface area contributed by atoms with Crippen LogP contribution in [0, 0.1) is 0 Å². The Morgan fingerprint density at radius 1 is 0.179 bits per heavy atom. The van der Waals surface area contributed by atoms with Crippen molar-refractivity contribution in [2.75, 3.05) is 0 Å². The van der Waals surface area contributed by atoms with Crippen molar-refractivity contribution in [1.29, 1.82) is 0 Å². The molecular formula is C77H82O7. The number of rotatable bonds is 8. The number of fused-ring (bicyclic) bond motifs is 8. The fourth-order valence-electron chi connectivity index (χ4n) is 16.1. The lowest BCUT2D eigenvalue weighted by molar-refractivity contribution is 0.433.